The molecule has 0 aliphatic heterocycles. The van der Waals surface area contributed by atoms with Gasteiger partial charge in [0.15, 0.2) is 0 Å². The predicted molar refractivity (Wildman–Crippen MR) is 76.9 cm³/mol. The van der Waals surface area contributed by atoms with Gasteiger partial charge >= 0.3 is 0 Å². The van der Waals surface area contributed by atoms with Crippen LogP contribution in [0.1, 0.15) is 26.6 Å². The highest BCUT2D eigenvalue weighted by Gasteiger charge is 2.09. The minimum absolute atomic E-state index is 0.0679. The van der Waals surface area contributed by atoms with Gasteiger partial charge in [-0.05, 0) is 31.5 Å². The van der Waals surface area contributed by atoms with Crippen LogP contribution >= 0.6 is 27.3 Å². The molecule has 0 radical (unpaired) electrons. The fourth-order valence-electron chi connectivity index (χ4n) is 1.57. The fraction of sp³-hybridized carbons (Fsp3) is 0.231. The van der Waals surface area contributed by atoms with Crippen molar-refractivity contribution in [3.05, 3.63) is 49.9 Å². The zero-order valence-electron chi connectivity index (χ0n) is 10.2. The van der Waals surface area contributed by atoms with Crippen LogP contribution < -0.4 is 5.32 Å². The molecule has 3 nitrogen and oxygen atoms in total. The van der Waals surface area contributed by atoms with Crippen LogP contribution in [-0.2, 0) is 6.54 Å². The van der Waals surface area contributed by atoms with Crippen LogP contribution in [0, 0.1) is 13.8 Å². The van der Waals surface area contributed by atoms with E-state index in [9.17, 15) is 4.79 Å². The minimum atomic E-state index is -0.0679. The maximum atomic E-state index is 12.0. The molecular formula is C13H13BrN2OS. The van der Waals surface area contributed by atoms with Gasteiger partial charge in [-0.3, -0.25) is 4.79 Å². The second-order valence-electron chi connectivity index (χ2n) is 4.02. The maximum Gasteiger partial charge on any atom is 0.251 e. The first-order chi connectivity index (χ1) is 8.56. The molecular weight excluding hydrogens is 312 g/mol. The molecule has 0 unspecified atom stereocenters. The highest BCUT2D eigenvalue weighted by Crippen LogP contribution is 2.16. The average molecular weight is 325 g/mol. The highest BCUT2D eigenvalue weighted by atomic mass is 79.9. The van der Waals surface area contributed by atoms with Gasteiger partial charge in [0.05, 0.1) is 6.54 Å². The van der Waals surface area contributed by atoms with Crippen molar-refractivity contribution in [2.45, 2.75) is 20.4 Å². The van der Waals surface area contributed by atoms with Crippen molar-refractivity contribution in [2.75, 3.05) is 0 Å². The number of amides is 1. The lowest BCUT2D eigenvalue weighted by Crippen LogP contribution is -2.23. The van der Waals surface area contributed by atoms with Gasteiger partial charge in [0.2, 0.25) is 0 Å². The van der Waals surface area contributed by atoms with E-state index in [1.807, 2.05) is 37.4 Å². The van der Waals surface area contributed by atoms with E-state index >= 15 is 0 Å². The van der Waals surface area contributed by atoms with Crippen LogP contribution in [0.15, 0.2) is 28.1 Å². The molecule has 0 aliphatic carbocycles. The van der Waals surface area contributed by atoms with Gasteiger partial charge in [0, 0.05) is 21.1 Å². The Bertz CT molecular complexity index is 580. The number of nitrogens with zero attached hydrogens (tertiary/aromatic N) is 1. The Morgan fingerprint density at radius 1 is 1.44 bits per heavy atom. The minimum Gasteiger partial charge on any atom is -0.346 e. The maximum absolute atomic E-state index is 12.0. The lowest BCUT2D eigenvalue weighted by atomic mass is 10.1. The number of aromatic nitrogens is 1. The summed E-state index contributed by atoms with van der Waals surface area (Å²) in [6.45, 7) is 4.35. The normalized spacial score (nSPS) is 10.4. The van der Waals surface area contributed by atoms with Gasteiger partial charge in [-0.1, -0.05) is 22.0 Å². The largest absolute Gasteiger partial charge is 0.346 e. The number of thiazole rings is 1. The number of halogens is 1. The van der Waals surface area contributed by atoms with Crippen LogP contribution in [0.4, 0.5) is 0 Å². The molecule has 2 aromatic rings. The predicted octanol–water partition coefficient (Wildman–Crippen LogP) is 3.45. The van der Waals surface area contributed by atoms with Crippen LogP contribution in [0.25, 0.3) is 0 Å². The van der Waals surface area contributed by atoms with Crippen LogP contribution in [0.5, 0.6) is 0 Å². The first-order valence-electron chi connectivity index (χ1n) is 5.51. The summed E-state index contributed by atoms with van der Waals surface area (Å²) in [4.78, 5) is 16.4. The number of hydrogen-bond acceptors (Lipinski definition) is 3. The molecule has 94 valence electrons. The molecule has 0 fully saturated rings. The standard InChI is InChI=1S/C13H13BrN2OS/c1-8-3-4-10(14)5-11(8)13(17)15-6-12-16-9(2)7-18-12/h3-5,7H,6H2,1-2H3,(H,15,17). The Labute approximate surface area is 118 Å². The first kappa shape index (κ1) is 13.2. The summed E-state index contributed by atoms with van der Waals surface area (Å²) >= 11 is 4.93. The van der Waals surface area contributed by atoms with E-state index in [4.69, 9.17) is 0 Å². The van der Waals surface area contributed by atoms with Crippen molar-refractivity contribution in [2.24, 2.45) is 0 Å². The summed E-state index contributed by atoms with van der Waals surface area (Å²) in [5, 5.41) is 5.79. The second-order valence-corrected chi connectivity index (χ2v) is 5.88. The van der Waals surface area contributed by atoms with Gasteiger partial charge in [-0.25, -0.2) is 4.98 Å². The van der Waals surface area contributed by atoms with E-state index in [-0.39, 0.29) is 5.91 Å². The highest BCUT2D eigenvalue weighted by molar-refractivity contribution is 9.10. The number of nitrogens with one attached hydrogen (secondary N) is 1. The van der Waals surface area contributed by atoms with E-state index in [0.717, 1.165) is 20.7 Å². The Morgan fingerprint density at radius 2 is 2.22 bits per heavy atom. The third-order valence-corrected chi connectivity index (χ3v) is 3.97. The molecule has 1 aromatic heterocycles. The van der Waals surface area contributed by atoms with Crippen molar-refractivity contribution < 1.29 is 4.79 Å². The topological polar surface area (TPSA) is 42.0 Å². The third kappa shape index (κ3) is 3.17. The quantitative estimate of drug-likeness (QED) is 0.939. The van der Waals surface area contributed by atoms with Crippen molar-refractivity contribution in [1.82, 2.24) is 10.3 Å². The number of aryl methyl sites for hydroxylation is 2. The average Bonchev–Trinajstić information content (AvgIpc) is 2.75. The van der Waals surface area contributed by atoms with Crippen LogP contribution in [0.2, 0.25) is 0 Å². The number of rotatable bonds is 3. The summed E-state index contributed by atoms with van der Waals surface area (Å²) < 4.78 is 0.906. The molecule has 0 bridgehead atoms. The Kier molecular flexibility index (Phi) is 4.14. The van der Waals surface area contributed by atoms with Crippen molar-refractivity contribution in [3.8, 4) is 0 Å². The van der Waals surface area contributed by atoms with E-state index in [1.54, 1.807) is 11.3 Å². The molecule has 1 heterocycles. The van der Waals surface area contributed by atoms with Gasteiger partial charge in [0.1, 0.15) is 5.01 Å². The molecule has 2 rings (SSSR count). The van der Waals surface area contributed by atoms with Gasteiger partial charge in [-0.15, -0.1) is 11.3 Å². The number of carbonyl (C=O) groups is 1. The molecule has 1 amide bonds. The molecule has 0 aliphatic rings. The van der Waals surface area contributed by atoms with Gasteiger partial charge in [-0.2, -0.15) is 0 Å². The first-order valence-corrected chi connectivity index (χ1v) is 7.19. The Hall–Kier alpha value is -1.20. The number of hydrogen-bond donors (Lipinski definition) is 1. The zero-order chi connectivity index (χ0) is 13.1. The molecule has 1 N–H and O–H groups in total. The molecule has 18 heavy (non-hydrogen) atoms. The lowest BCUT2D eigenvalue weighted by Gasteiger charge is -2.06. The molecule has 0 spiro atoms. The molecule has 5 heteroatoms. The zero-order valence-corrected chi connectivity index (χ0v) is 12.6. The van der Waals surface area contributed by atoms with E-state index in [1.165, 1.54) is 0 Å². The second kappa shape index (κ2) is 5.63. The summed E-state index contributed by atoms with van der Waals surface area (Å²) in [6, 6.07) is 5.68. The van der Waals surface area contributed by atoms with Gasteiger partial charge < -0.3 is 5.32 Å². The lowest BCUT2D eigenvalue weighted by molar-refractivity contribution is 0.0950. The third-order valence-electron chi connectivity index (χ3n) is 2.51. The molecule has 0 saturated carbocycles. The monoisotopic (exact) mass is 324 g/mol. The van der Waals surface area contributed by atoms with E-state index in [0.29, 0.717) is 12.1 Å². The molecule has 0 atom stereocenters. The summed E-state index contributed by atoms with van der Waals surface area (Å²) in [5.74, 6) is -0.0679. The summed E-state index contributed by atoms with van der Waals surface area (Å²) in [6.07, 6.45) is 0. The van der Waals surface area contributed by atoms with Gasteiger partial charge in [0.25, 0.3) is 5.91 Å². The summed E-state index contributed by atoms with van der Waals surface area (Å²) in [5.41, 5.74) is 2.64. The van der Waals surface area contributed by atoms with Crippen LogP contribution in [-0.4, -0.2) is 10.9 Å². The summed E-state index contributed by atoms with van der Waals surface area (Å²) in [7, 11) is 0. The van der Waals surface area contributed by atoms with Crippen molar-refractivity contribution >= 4 is 33.2 Å². The smallest absolute Gasteiger partial charge is 0.251 e. The van der Waals surface area contributed by atoms with Crippen molar-refractivity contribution in [3.63, 3.8) is 0 Å². The molecule has 1 aromatic carbocycles. The van der Waals surface area contributed by atoms with Crippen LogP contribution in [0.3, 0.4) is 0 Å². The molecule has 0 saturated heterocycles. The Morgan fingerprint density at radius 3 is 2.89 bits per heavy atom. The number of benzene rings is 1. The Balaban J connectivity index is 2.05. The van der Waals surface area contributed by atoms with E-state index < -0.39 is 0 Å². The fourth-order valence-corrected chi connectivity index (χ4v) is 2.65. The van der Waals surface area contributed by atoms with Crippen molar-refractivity contribution in [1.29, 1.82) is 0 Å². The number of carbonyl (C=O) groups excluding carboxylic acids is 1. The SMILES string of the molecule is Cc1csc(CNC(=O)c2cc(Br)ccc2C)n1. The van der Waals surface area contributed by atoms with E-state index in [2.05, 4.69) is 26.2 Å².